The van der Waals surface area contributed by atoms with Gasteiger partial charge in [0.2, 0.25) is 0 Å². The molecule has 0 saturated carbocycles. The third-order valence-electron chi connectivity index (χ3n) is 5.98. The number of amides is 1. The van der Waals surface area contributed by atoms with Crippen molar-refractivity contribution in [1.82, 2.24) is 10.2 Å². The fourth-order valence-corrected chi connectivity index (χ4v) is 4.16. The van der Waals surface area contributed by atoms with Gasteiger partial charge in [-0.25, -0.2) is 0 Å². The van der Waals surface area contributed by atoms with Crippen LogP contribution in [0.25, 0.3) is 0 Å². The van der Waals surface area contributed by atoms with Crippen LogP contribution >= 0.6 is 0 Å². The standard InChI is InChI=1S/C21H32N2O4/c1-25-16-11-21(22-20(24)17-3-5-19(26-2)6-4-17)9-12-23(13-10-21)18-7-14-27-15-8-18/h3-6,18H,7-16H2,1-2H3,(H,22,24). The monoisotopic (exact) mass is 376 g/mol. The molecule has 0 aliphatic carbocycles. The minimum absolute atomic E-state index is 0.0201. The summed E-state index contributed by atoms with van der Waals surface area (Å²) in [7, 11) is 3.34. The van der Waals surface area contributed by atoms with E-state index in [2.05, 4.69) is 10.2 Å². The molecule has 1 N–H and O–H groups in total. The second-order valence-corrected chi connectivity index (χ2v) is 7.59. The number of piperidine rings is 1. The Kier molecular flexibility index (Phi) is 7.10. The van der Waals surface area contributed by atoms with E-state index >= 15 is 0 Å². The van der Waals surface area contributed by atoms with Gasteiger partial charge >= 0.3 is 0 Å². The van der Waals surface area contributed by atoms with Crippen LogP contribution in [0.2, 0.25) is 0 Å². The minimum Gasteiger partial charge on any atom is -0.497 e. The van der Waals surface area contributed by atoms with Crippen LogP contribution in [0.3, 0.4) is 0 Å². The van der Waals surface area contributed by atoms with Crippen molar-refractivity contribution < 1.29 is 19.0 Å². The Morgan fingerprint density at radius 1 is 1.19 bits per heavy atom. The minimum atomic E-state index is -0.200. The number of likely N-dealkylation sites (tertiary alicyclic amines) is 1. The van der Waals surface area contributed by atoms with E-state index in [1.54, 1.807) is 14.2 Å². The van der Waals surface area contributed by atoms with Crippen LogP contribution in [0.5, 0.6) is 5.75 Å². The largest absolute Gasteiger partial charge is 0.497 e. The highest BCUT2D eigenvalue weighted by Crippen LogP contribution is 2.29. The average molecular weight is 376 g/mol. The molecule has 0 radical (unpaired) electrons. The molecule has 1 aromatic carbocycles. The number of nitrogens with one attached hydrogen (secondary N) is 1. The molecule has 2 aliphatic heterocycles. The number of rotatable bonds is 7. The Labute approximate surface area is 162 Å². The van der Waals surface area contributed by atoms with Crippen molar-refractivity contribution in [2.24, 2.45) is 0 Å². The maximum Gasteiger partial charge on any atom is 0.251 e. The lowest BCUT2D eigenvalue weighted by atomic mass is 9.83. The van der Waals surface area contributed by atoms with E-state index in [4.69, 9.17) is 14.2 Å². The number of carbonyl (C=O) groups is 1. The van der Waals surface area contributed by atoms with E-state index in [0.717, 1.165) is 64.2 Å². The van der Waals surface area contributed by atoms with Crippen LogP contribution in [-0.4, -0.2) is 69.5 Å². The maximum atomic E-state index is 12.8. The van der Waals surface area contributed by atoms with Gasteiger partial charge in [0.15, 0.2) is 0 Å². The second kappa shape index (κ2) is 9.53. The highest BCUT2D eigenvalue weighted by Gasteiger charge is 2.37. The summed E-state index contributed by atoms with van der Waals surface area (Å²) in [6.07, 6.45) is 4.98. The summed E-state index contributed by atoms with van der Waals surface area (Å²) in [5.41, 5.74) is 0.466. The summed E-state index contributed by atoms with van der Waals surface area (Å²) in [6, 6.07) is 7.90. The predicted octanol–water partition coefficient (Wildman–Crippen LogP) is 2.48. The molecule has 1 amide bonds. The first-order valence-electron chi connectivity index (χ1n) is 9.93. The van der Waals surface area contributed by atoms with Crippen molar-refractivity contribution in [1.29, 1.82) is 0 Å². The SMILES string of the molecule is COCCC1(NC(=O)c2ccc(OC)cc2)CCN(C2CCOCC2)CC1. The molecule has 1 aromatic rings. The molecule has 0 bridgehead atoms. The molecule has 27 heavy (non-hydrogen) atoms. The predicted molar refractivity (Wildman–Crippen MR) is 104 cm³/mol. The van der Waals surface area contributed by atoms with Crippen molar-refractivity contribution in [2.45, 2.75) is 43.7 Å². The van der Waals surface area contributed by atoms with Gasteiger partial charge < -0.3 is 24.4 Å². The Morgan fingerprint density at radius 2 is 1.85 bits per heavy atom. The number of hydrogen-bond donors (Lipinski definition) is 1. The van der Waals surface area contributed by atoms with Crippen molar-refractivity contribution in [2.75, 3.05) is 47.1 Å². The molecule has 2 saturated heterocycles. The van der Waals surface area contributed by atoms with E-state index in [1.807, 2.05) is 24.3 Å². The summed E-state index contributed by atoms with van der Waals surface area (Å²) >= 11 is 0. The van der Waals surface area contributed by atoms with E-state index in [-0.39, 0.29) is 11.4 Å². The molecule has 6 heteroatoms. The lowest BCUT2D eigenvalue weighted by Crippen LogP contribution is -2.57. The summed E-state index contributed by atoms with van der Waals surface area (Å²) in [5.74, 6) is 0.735. The lowest BCUT2D eigenvalue weighted by Gasteiger charge is -2.45. The smallest absolute Gasteiger partial charge is 0.251 e. The van der Waals surface area contributed by atoms with Gasteiger partial charge in [-0.05, 0) is 56.4 Å². The molecule has 2 fully saturated rings. The van der Waals surface area contributed by atoms with Crippen LogP contribution in [0, 0.1) is 0 Å². The number of benzene rings is 1. The summed E-state index contributed by atoms with van der Waals surface area (Å²) in [4.78, 5) is 15.4. The van der Waals surface area contributed by atoms with Gasteiger partial charge in [0.05, 0.1) is 7.11 Å². The van der Waals surface area contributed by atoms with Crippen molar-refractivity contribution >= 4 is 5.91 Å². The average Bonchev–Trinajstić information content (AvgIpc) is 2.73. The molecule has 6 nitrogen and oxygen atoms in total. The molecule has 2 aliphatic rings. The molecule has 150 valence electrons. The highest BCUT2D eigenvalue weighted by atomic mass is 16.5. The van der Waals surface area contributed by atoms with Crippen molar-refractivity contribution in [3.8, 4) is 5.75 Å². The number of carbonyl (C=O) groups excluding carboxylic acids is 1. The number of ether oxygens (including phenoxy) is 3. The zero-order valence-corrected chi connectivity index (χ0v) is 16.5. The Balaban J connectivity index is 1.63. The van der Waals surface area contributed by atoms with Gasteiger partial charge in [0.25, 0.3) is 5.91 Å². The molecule has 0 spiro atoms. The van der Waals surface area contributed by atoms with Gasteiger partial charge in [0, 0.05) is 57.2 Å². The summed E-state index contributed by atoms with van der Waals surface area (Å²) in [5, 5.41) is 3.33. The quantitative estimate of drug-likeness (QED) is 0.792. The topological polar surface area (TPSA) is 60.0 Å². The molecule has 0 atom stereocenters. The first-order chi connectivity index (χ1) is 13.2. The molecule has 2 heterocycles. The normalized spacial score (nSPS) is 21.0. The molecule has 3 rings (SSSR count). The number of methoxy groups -OCH3 is 2. The molecular formula is C21H32N2O4. The molecular weight excluding hydrogens is 344 g/mol. The van der Waals surface area contributed by atoms with Crippen LogP contribution in [0.4, 0.5) is 0 Å². The van der Waals surface area contributed by atoms with E-state index in [1.165, 1.54) is 0 Å². The van der Waals surface area contributed by atoms with E-state index in [9.17, 15) is 4.79 Å². The third-order valence-corrected chi connectivity index (χ3v) is 5.98. The maximum absolute atomic E-state index is 12.8. The van der Waals surface area contributed by atoms with E-state index in [0.29, 0.717) is 18.2 Å². The molecule has 0 unspecified atom stereocenters. The number of nitrogens with zero attached hydrogens (tertiary/aromatic N) is 1. The fourth-order valence-electron chi connectivity index (χ4n) is 4.16. The van der Waals surface area contributed by atoms with Gasteiger partial charge in [-0.2, -0.15) is 0 Å². The van der Waals surface area contributed by atoms with Crippen LogP contribution in [0.1, 0.15) is 42.5 Å². The second-order valence-electron chi connectivity index (χ2n) is 7.59. The van der Waals surface area contributed by atoms with Gasteiger partial charge in [-0.15, -0.1) is 0 Å². The Morgan fingerprint density at radius 3 is 2.44 bits per heavy atom. The highest BCUT2D eigenvalue weighted by molar-refractivity contribution is 5.94. The third kappa shape index (κ3) is 5.21. The lowest BCUT2D eigenvalue weighted by molar-refractivity contribution is 0.00968. The summed E-state index contributed by atoms with van der Waals surface area (Å²) < 4.78 is 16.0. The Bertz CT molecular complexity index is 591. The van der Waals surface area contributed by atoms with Gasteiger partial charge in [-0.3, -0.25) is 4.79 Å². The fraction of sp³-hybridized carbons (Fsp3) is 0.667. The van der Waals surface area contributed by atoms with E-state index < -0.39 is 0 Å². The first kappa shape index (κ1) is 20.1. The van der Waals surface area contributed by atoms with Gasteiger partial charge in [0.1, 0.15) is 5.75 Å². The van der Waals surface area contributed by atoms with Gasteiger partial charge in [-0.1, -0.05) is 0 Å². The van der Waals surface area contributed by atoms with Crippen molar-refractivity contribution in [3.63, 3.8) is 0 Å². The molecule has 0 aromatic heterocycles. The zero-order valence-electron chi connectivity index (χ0n) is 16.5. The van der Waals surface area contributed by atoms with Crippen LogP contribution < -0.4 is 10.1 Å². The zero-order chi connectivity index (χ0) is 19.1. The summed E-state index contributed by atoms with van der Waals surface area (Å²) in [6.45, 7) is 4.41. The van der Waals surface area contributed by atoms with Crippen LogP contribution in [-0.2, 0) is 9.47 Å². The Hall–Kier alpha value is -1.63. The first-order valence-corrected chi connectivity index (χ1v) is 9.93. The number of hydrogen-bond acceptors (Lipinski definition) is 5. The van der Waals surface area contributed by atoms with Crippen LogP contribution in [0.15, 0.2) is 24.3 Å². The van der Waals surface area contributed by atoms with Crippen molar-refractivity contribution in [3.05, 3.63) is 29.8 Å².